The van der Waals surface area contributed by atoms with Crippen LogP contribution in [0.4, 0.5) is 5.82 Å². The quantitative estimate of drug-likeness (QED) is 0.688. The number of halogens is 1. The molecule has 0 saturated carbocycles. The molecule has 0 unspecified atom stereocenters. The van der Waals surface area contributed by atoms with Crippen molar-refractivity contribution in [3.8, 4) is 5.69 Å². The fourth-order valence-electron chi connectivity index (χ4n) is 1.65. The predicted octanol–water partition coefficient (Wildman–Crippen LogP) is 2.44. The lowest BCUT2D eigenvalue weighted by Crippen LogP contribution is -2.08. The van der Waals surface area contributed by atoms with Crippen LogP contribution >= 0.6 is 11.6 Å². The van der Waals surface area contributed by atoms with Crippen LogP contribution in [0.5, 0.6) is 0 Å². The Bertz CT molecular complexity index is 681. The van der Waals surface area contributed by atoms with Crippen molar-refractivity contribution >= 4 is 23.4 Å². The first-order chi connectivity index (χ1) is 8.90. The van der Waals surface area contributed by atoms with Crippen molar-refractivity contribution in [1.82, 2.24) is 9.78 Å². The van der Waals surface area contributed by atoms with E-state index in [1.165, 1.54) is 28.9 Å². The number of nitrogens with zero attached hydrogens (tertiary/aromatic N) is 3. The zero-order valence-corrected chi connectivity index (χ0v) is 10.5. The topological polar surface area (TPSA) is 98.3 Å². The van der Waals surface area contributed by atoms with Crippen molar-refractivity contribution in [2.45, 2.75) is 6.92 Å². The number of carboxylic acids is 1. The van der Waals surface area contributed by atoms with Crippen molar-refractivity contribution in [1.29, 1.82) is 0 Å². The minimum absolute atomic E-state index is 0.0366. The third-order valence-corrected chi connectivity index (χ3v) is 2.72. The Hall–Kier alpha value is -2.41. The highest BCUT2D eigenvalue weighted by molar-refractivity contribution is 6.30. The van der Waals surface area contributed by atoms with Crippen LogP contribution in [0.1, 0.15) is 16.1 Å². The van der Waals surface area contributed by atoms with E-state index < -0.39 is 10.9 Å². The van der Waals surface area contributed by atoms with Gasteiger partial charge < -0.3 is 15.2 Å². The summed E-state index contributed by atoms with van der Waals surface area (Å²) in [5, 5.41) is 23.9. The molecule has 19 heavy (non-hydrogen) atoms. The Morgan fingerprint density at radius 2 is 2.16 bits per heavy atom. The molecule has 0 amide bonds. The van der Waals surface area contributed by atoms with Crippen LogP contribution in [0.15, 0.2) is 24.3 Å². The Morgan fingerprint density at radius 3 is 2.68 bits per heavy atom. The van der Waals surface area contributed by atoms with Crippen molar-refractivity contribution in [3.63, 3.8) is 0 Å². The molecule has 0 fully saturated rings. The molecular formula is C11H8ClN3O4. The molecule has 2 aromatic rings. The summed E-state index contributed by atoms with van der Waals surface area (Å²) in [6.07, 6.45) is 0. The van der Waals surface area contributed by atoms with E-state index in [2.05, 4.69) is 5.10 Å². The molecule has 0 bridgehead atoms. The van der Waals surface area contributed by atoms with Gasteiger partial charge in [-0.05, 0) is 30.0 Å². The summed E-state index contributed by atoms with van der Waals surface area (Å²) in [6, 6.07) is 5.41. The first-order valence-electron chi connectivity index (χ1n) is 5.14. The van der Waals surface area contributed by atoms with E-state index >= 15 is 0 Å². The van der Waals surface area contributed by atoms with E-state index in [0.29, 0.717) is 10.7 Å². The number of aromatic nitrogens is 2. The Balaban J connectivity index is 2.67. The SMILES string of the molecule is Cc1cc([N+](=O)[O-])nn1-c1cc(Cl)ccc1C(=O)O. The van der Waals surface area contributed by atoms with E-state index in [9.17, 15) is 14.9 Å². The number of benzene rings is 1. The number of aryl methyl sites for hydroxylation is 1. The summed E-state index contributed by atoms with van der Waals surface area (Å²) in [4.78, 5) is 21.2. The van der Waals surface area contributed by atoms with E-state index in [1.54, 1.807) is 6.92 Å². The van der Waals surface area contributed by atoms with E-state index in [1.807, 2.05) is 0 Å². The second kappa shape index (κ2) is 4.69. The Labute approximate surface area is 112 Å². The summed E-state index contributed by atoms with van der Waals surface area (Å²) in [7, 11) is 0. The molecule has 98 valence electrons. The molecule has 1 aromatic carbocycles. The maximum atomic E-state index is 11.1. The van der Waals surface area contributed by atoms with Gasteiger partial charge in [0.1, 0.15) is 5.69 Å². The summed E-state index contributed by atoms with van der Waals surface area (Å²) in [5.74, 6) is -1.52. The van der Waals surface area contributed by atoms with E-state index in [0.717, 1.165) is 0 Å². The van der Waals surface area contributed by atoms with E-state index in [-0.39, 0.29) is 17.1 Å². The largest absolute Gasteiger partial charge is 0.478 e. The van der Waals surface area contributed by atoms with Gasteiger partial charge in [0.15, 0.2) is 0 Å². The summed E-state index contributed by atoms with van der Waals surface area (Å²) < 4.78 is 1.19. The van der Waals surface area contributed by atoms with Gasteiger partial charge in [0.25, 0.3) is 0 Å². The lowest BCUT2D eigenvalue weighted by molar-refractivity contribution is -0.389. The predicted molar refractivity (Wildman–Crippen MR) is 66.9 cm³/mol. The number of aromatic carboxylic acids is 1. The van der Waals surface area contributed by atoms with Crippen LogP contribution in [0.25, 0.3) is 5.69 Å². The molecule has 0 radical (unpaired) electrons. The van der Waals surface area contributed by atoms with Gasteiger partial charge in [-0.15, -0.1) is 4.68 Å². The second-order valence-corrected chi connectivity index (χ2v) is 4.22. The zero-order chi connectivity index (χ0) is 14.2. The number of carboxylic acid groups (broad SMARTS) is 1. The van der Waals surface area contributed by atoms with Gasteiger partial charge in [0.2, 0.25) is 0 Å². The molecule has 1 N–H and O–H groups in total. The van der Waals surface area contributed by atoms with Crippen molar-refractivity contribution in [3.05, 3.63) is 50.7 Å². The van der Waals surface area contributed by atoms with Crippen LogP contribution in [-0.2, 0) is 0 Å². The van der Waals surface area contributed by atoms with Gasteiger partial charge in [-0.2, -0.15) is 0 Å². The van der Waals surface area contributed by atoms with Crippen molar-refractivity contribution in [2.75, 3.05) is 0 Å². The highest BCUT2D eigenvalue weighted by Gasteiger charge is 2.21. The number of hydrogen-bond acceptors (Lipinski definition) is 4. The molecular weight excluding hydrogens is 274 g/mol. The van der Waals surface area contributed by atoms with E-state index in [4.69, 9.17) is 16.7 Å². The molecule has 2 rings (SSSR count). The average molecular weight is 282 g/mol. The molecule has 0 aliphatic carbocycles. The van der Waals surface area contributed by atoms with Crippen LogP contribution in [0.2, 0.25) is 5.02 Å². The summed E-state index contributed by atoms with van der Waals surface area (Å²) >= 11 is 5.83. The van der Waals surface area contributed by atoms with Crippen molar-refractivity contribution in [2.24, 2.45) is 0 Å². The minimum Gasteiger partial charge on any atom is -0.478 e. The van der Waals surface area contributed by atoms with Crippen LogP contribution in [0.3, 0.4) is 0 Å². The third-order valence-electron chi connectivity index (χ3n) is 2.48. The maximum Gasteiger partial charge on any atom is 0.390 e. The highest BCUT2D eigenvalue weighted by atomic mass is 35.5. The second-order valence-electron chi connectivity index (χ2n) is 3.78. The zero-order valence-electron chi connectivity index (χ0n) is 9.70. The number of rotatable bonds is 3. The van der Waals surface area contributed by atoms with Gasteiger partial charge in [-0.1, -0.05) is 11.6 Å². The normalized spacial score (nSPS) is 10.4. The Morgan fingerprint density at radius 1 is 1.47 bits per heavy atom. The summed E-state index contributed by atoms with van der Waals surface area (Å²) in [5.41, 5.74) is 0.590. The van der Waals surface area contributed by atoms with Crippen LogP contribution in [-0.4, -0.2) is 25.8 Å². The highest BCUT2D eigenvalue weighted by Crippen LogP contribution is 2.23. The fourth-order valence-corrected chi connectivity index (χ4v) is 1.82. The molecule has 7 nitrogen and oxygen atoms in total. The molecule has 0 aliphatic rings. The van der Waals surface area contributed by atoms with Crippen LogP contribution < -0.4 is 0 Å². The molecule has 0 saturated heterocycles. The molecule has 1 aromatic heterocycles. The molecule has 1 heterocycles. The first kappa shape index (κ1) is 13.0. The van der Waals surface area contributed by atoms with Gasteiger partial charge in [-0.25, -0.2) is 4.79 Å². The van der Waals surface area contributed by atoms with Gasteiger partial charge in [0.05, 0.1) is 22.4 Å². The lowest BCUT2D eigenvalue weighted by Gasteiger charge is -2.05. The molecule has 8 heteroatoms. The van der Waals surface area contributed by atoms with Crippen LogP contribution in [0, 0.1) is 17.0 Å². The average Bonchev–Trinajstić information content (AvgIpc) is 2.71. The number of hydrogen-bond donors (Lipinski definition) is 1. The number of carbonyl (C=O) groups is 1. The van der Waals surface area contributed by atoms with Gasteiger partial charge in [-0.3, -0.25) is 0 Å². The van der Waals surface area contributed by atoms with Gasteiger partial charge in [0, 0.05) is 5.02 Å². The fraction of sp³-hybridized carbons (Fsp3) is 0.0909. The standard InChI is InChI=1S/C11H8ClN3O4/c1-6-4-10(15(18)19)13-14(6)9-5-7(12)2-3-8(9)11(16)17/h2-5H,1H3,(H,16,17). The third kappa shape index (κ3) is 2.41. The minimum atomic E-state index is -1.16. The summed E-state index contributed by atoms with van der Waals surface area (Å²) in [6.45, 7) is 1.59. The Kier molecular flexibility index (Phi) is 3.22. The maximum absolute atomic E-state index is 11.1. The monoisotopic (exact) mass is 281 g/mol. The van der Waals surface area contributed by atoms with Crippen molar-refractivity contribution < 1.29 is 14.8 Å². The smallest absolute Gasteiger partial charge is 0.390 e. The molecule has 0 aliphatic heterocycles. The molecule has 0 spiro atoms. The molecule has 0 atom stereocenters. The lowest BCUT2D eigenvalue weighted by atomic mass is 10.2. The number of nitro groups is 1. The van der Waals surface area contributed by atoms with Gasteiger partial charge >= 0.3 is 11.8 Å². The first-order valence-corrected chi connectivity index (χ1v) is 5.52.